The lowest BCUT2D eigenvalue weighted by atomic mass is 10.1. The third-order valence-corrected chi connectivity index (χ3v) is 8.30. The molecule has 0 fully saturated rings. The van der Waals surface area contributed by atoms with E-state index < -0.39 is 0 Å². The van der Waals surface area contributed by atoms with Gasteiger partial charge in [-0.15, -0.1) is 0 Å². The predicted molar refractivity (Wildman–Crippen MR) is 193 cm³/mol. The van der Waals surface area contributed by atoms with Gasteiger partial charge in [0.25, 0.3) is 11.1 Å². The smallest absolute Gasteiger partial charge is 0.268 e. The highest BCUT2D eigenvalue weighted by molar-refractivity contribution is 6.07. The fraction of sp³-hybridized carbons (Fsp3) is 0.0500. The molecule has 0 saturated carbocycles. The van der Waals surface area contributed by atoms with Gasteiger partial charge in [-0.05, 0) is 86.6 Å². The first-order valence-electron chi connectivity index (χ1n) is 15.4. The van der Waals surface area contributed by atoms with Gasteiger partial charge in [0, 0.05) is 22.1 Å². The largest absolute Gasteiger partial charge is 0.506 e. The van der Waals surface area contributed by atoms with E-state index in [-0.39, 0.29) is 33.7 Å². The first-order chi connectivity index (χ1) is 23.3. The van der Waals surface area contributed by atoms with E-state index in [4.69, 9.17) is 0 Å². The van der Waals surface area contributed by atoms with Crippen LogP contribution < -0.4 is 11.1 Å². The van der Waals surface area contributed by atoms with Crippen LogP contribution in [0.3, 0.4) is 0 Å². The molecule has 5 aromatic carbocycles. The van der Waals surface area contributed by atoms with E-state index in [1.54, 1.807) is 71.5 Å². The number of pyridine rings is 2. The maximum absolute atomic E-state index is 13.9. The summed E-state index contributed by atoms with van der Waals surface area (Å²) in [4.78, 5) is 37.1. The number of aliphatic imine (C=N–C) groups is 2. The molecule has 0 amide bonds. The molecule has 8 nitrogen and oxygen atoms in total. The van der Waals surface area contributed by atoms with Gasteiger partial charge in [0.1, 0.15) is 22.6 Å². The summed E-state index contributed by atoms with van der Waals surface area (Å²) in [5, 5.41) is 23.6. The Bertz CT molecular complexity index is 2340. The third kappa shape index (κ3) is 5.25. The molecule has 0 aliphatic rings. The molecule has 0 unspecified atom stereocenters. The van der Waals surface area contributed by atoms with E-state index in [9.17, 15) is 19.8 Å². The summed E-state index contributed by atoms with van der Waals surface area (Å²) in [5.74, 6) is -0.255. The van der Waals surface area contributed by atoms with Gasteiger partial charge < -0.3 is 10.2 Å². The SMILES string of the molecule is CC(=Nc1ccc(N=C(C)c2c(O)c3ccccc3n(-c3ccccc3)c2=O)cc1)c1c(O)c2ccccc2n(-c2ccccc2)c1=O. The molecule has 7 aromatic rings. The third-order valence-electron chi connectivity index (χ3n) is 8.30. The minimum atomic E-state index is -0.383. The molecule has 0 atom stereocenters. The Morgan fingerprint density at radius 2 is 0.812 bits per heavy atom. The lowest BCUT2D eigenvalue weighted by molar-refractivity contribution is 0.478. The van der Waals surface area contributed by atoms with Crippen LogP contribution in [0.5, 0.6) is 11.5 Å². The van der Waals surface area contributed by atoms with E-state index in [2.05, 4.69) is 9.98 Å². The van der Waals surface area contributed by atoms with Gasteiger partial charge in [0.2, 0.25) is 0 Å². The number of hydrogen-bond acceptors (Lipinski definition) is 6. The summed E-state index contributed by atoms with van der Waals surface area (Å²) < 4.78 is 3.16. The molecule has 2 heterocycles. The minimum Gasteiger partial charge on any atom is -0.506 e. The molecule has 8 heteroatoms. The number of hydrogen-bond donors (Lipinski definition) is 2. The average Bonchev–Trinajstić information content (AvgIpc) is 3.10. The number of aromatic nitrogens is 2. The van der Waals surface area contributed by atoms with Crippen LogP contribution >= 0.6 is 0 Å². The van der Waals surface area contributed by atoms with E-state index in [1.807, 2.05) is 84.9 Å². The molecule has 0 spiro atoms. The van der Waals surface area contributed by atoms with Gasteiger partial charge in [-0.3, -0.25) is 28.7 Å². The highest BCUT2D eigenvalue weighted by Crippen LogP contribution is 2.31. The van der Waals surface area contributed by atoms with Crippen LogP contribution in [0.4, 0.5) is 11.4 Å². The van der Waals surface area contributed by atoms with Gasteiger partial charge in [0.15, 0.2) is 0 Å². The average molecular weight is 631 g/mol. The summed E-state index contributed by atoms with van der Waals surface area (Å²) in [7, 11) is 0. The quantitative estimate of drug-likeness (QED) is 0.182. The van der Waals surface area contributed by atoms with Crippen molar-refractivity contribution >= 4 is 44.6 Å². The Labute approximate surface area is 275 Å². The second-order valence-corrected chi connectivity index (χ2v) is 11.3. The molecule has 0 aliphatic heterocycles. The monoisotopic (exact) mass is 630 g/mol. The van der Waals surface area contributed by atoms with Crippen molar-refractivity contribution in [3.8, 4) is 22.9 Å². The lowest BCUT2D eigenvalue weighted by Crippen LogP contribution is -2.25. The first kappa shape index (κ1) is 30.1. The Morgan fingerprint density at radius 3 is 1.19 bits per heavy atom. The Morgan fingerprint density at radius 1 is 0.479 bits per heavy atom. The van der Waals surface area contributed by atoms with E-state index in [0.29, 0.717) is 56.0 Å². The van der Waals surface area contributed by atoms with Crippen molar-refractivity contribution in [2.45, 2.75) is 13.8 Å². The topological polar surface area (TPSA) is 109 Å². The molecule has 0 bridgehead atoms. The van der Waals surface area contributed by atoms with E-state index in [1.165, 1.54) is 0 Å². The second kappa shape index (κ2) is 12.3. The molecule has 7 rings (SSSR count). The van der Waals surface area contributed by atoms with Gasteiger partial charge in [-0.25, -0.2) is 0 Å². The summed E-state index contributed by atoms with van der Waals surface area (Å²) in [6, 6.07) is 40.0. The first-order valence-corrected chi connectivity index (χ1v) is 15.4. The van der Waals surface area contributed by atoms with Crippen LogP contribution in [0.1, 0.15) is 25.0 Å². The van der Waals surface area contributed by atoms with Crippen molar-refractivity contribution in [3.05, 3.63) is 165 Å². The molecule has 48 heavy (non-hydrogen) atoms. The maximum atomic E-state index is 13.9. The van der Waals surface area contributed by atoms with Crippen LogP contribution in [0.25, 0.3) is 33.2 Å². The van der Waals surface area contributed by atoms with Crippen LogP contribution in [0, 0.1) is 0 Å². The maximum Gasteiger partial charge on any atom is 0.268 e. The minimum absolute atomic E-state index is 0.108. The highest BCUT2D eigenvalue weighted by atomic mass is 16.3. The number of rotatable bonds is 6. The van der Waals surface area contributed by atoms with Crippen LogP contribution in [-0.4, -0.2) is 30.8 Å². The van der Waals surface area contributed by atoms with E-state index >= 15 is 0 Å². The number of fused-ring (bicyclic) bond motifs is 2. The lowest BCUT2D eigenvalue weighted by Gasteiger charge is -2.15. The van der Waals surface area contributed by atoms with Crippen LogP contribution in [-0.2, 0) is 0 Å². The fourth-order valence-corrected chi connectivity index (χ4v) is 6.07. The molecule has 0 radical (unpaired) electrons. The van der Waals surface area contributed by atoms with Gasteiger partial charge >= 0.3 is 0 Å². The Hall–Kier alpha value is -6.54. The Kier molecular flexibility index (Phi) is 7.74. The summed E-state index contributed by atoms with van der Waals surface area (Å²) in [6.45, 7) is 3.38. The highest BCUT2D eigenvalue weighted by Gasteiger charge is 2.21. The van der Waals surface area contributed by atoms with Crippen molar-refractivity contribution in [2.24, 2.45) is 9.98 Å². The van der Waals surface area contributed by atoms with Crippen molar-refractivity contribution in [1.82, 2.24) is 9.13 Å². The second-order valence-electron chi connectivity index (χ2n) is 11.3. The van der Waals surface area contributed by atoms with Crippen molar-refractivity contribution in [3.63, 3.8) is 0 Å². The molecule has 0 aliphatic carbocycles. The zero-order valence-corrected chi connectivity index (χ0v) is 26.2. The Balaban J connectivity index is 1.27. The summed E-state index contributed by atoms with van der Waals surface area (Å²) in [5.41, 5.74) is 3.78. The number of nitrogens with zero attached hydrogens (tertiary/aromatic N) is 4. The normalized spacial score (nSPS) is 12.1. The molecular formula is C40H30N4O4. The zero-order chi connectivity index (χ0) is 33.4. The van der Waals surface area contributed by atoms with Crippen LogP contribution in [0.15, 0.2) is 153 Å². The van der Waals surface area contributed by atoms with Gasteiger partial charge in [-0.2, -0.15) is 0 Å². The zero-order valence-electron chi connectivity index (χ0n) is 26.2. The van der Waals surface area contributed by atoms with Crippen molar-refractivity contribution in [1.29, 1.82) is 0 Å². The summed E-state index contributed by atoms with van der Waals surface area (Å²) in [6.07, 6.45) is 0. The fourth-order valence-electron chi connectivity index (χ4n) is 6.07. The van der Waals surface area contributed by atoms with Gasteiger partial charge in [-0.1, -0.05) is 60.7 Å². The number of aromatic hydroxyl groups is 2. The standard InChI is InChI=1S/C40H30N4O4/c1-25(35-37(45)31-17-9-11-19-33(31)43(39(35)47)29-13-5-3-6-14-29)41-27-21-23-28(24-22-27)42-26(2)36-38(46)32-18-10-12-20-34(32)44(40(36)48)30-15-7-4-8-16-30/h3-24,45-46H,1-2H3. The number of para-hydroxylation sites is 4. The molecule has 0 saturated heterocycles. The molecule has 2 N–H and O–H groups in total. The van der Waals surface area contributed by atoms with Gasteiger partial charge in [0.05, 0.1) is 33.8 Å². The predicted octanol–water partition coefficient (Wildman–Crippen LogP) is 7.99. The van der Waals surface area contributed by atoms with Crippen molar-refractivity contribution in [2.75, 3.05) is 0 Å². The molecule has 234 valence electrons. The summed E-state index contributed by atoms with van der Waals surface area (Å²) >= 11 is 0. The van der Waals surface area contributed by atoms with Crippen molar-refractivity contribution < 1.29 is 10.2 Å². The molecule has 2 aromatic heterocycles. The molecular weight excluding hydrogens is 600 g/mol. The number of benzene rings is 5. The van der Waals surface area contributed by atoms with Crippen LogP contribution in [0.2, 0.25) is 0 Å². The van der Waals surface area contributed by atoms with E-state index in [0.717, 1.165) is 0 Å².